The first kappa shape index (κ1) is 15.7. The van der Waals surface area contributed by atoms with Gasteiger partial charge in [0.15, 0.2) is 0 Å². The molecule has 0 bridgehead atoms. The minimum absolute atomic E-state index is 0.000323. The number of benzene rings is 1. The maximum atomic E-state index is 13.4. The van der Waals surface area contributed by atoms with Crippen molar-refractivity contribution in [2.24, 2.45) is 11.3 Å². The first-order valence-electron chi connectivity index (χ1n) is 9.82. The number of morpholine rings is 1. The van der Waals surface area contributed by atoms with Gasteiger partial charge in [-0.3, -0.25) is 4.79 Å². The Morgan fingerprint density at radius 1 is 1.28 bits per heavy atom. The summed E-state index contributed by atoms with van der Waals surface area (Å²) in [5.41, 5.74) is 2.57. The Labute approximate surface area is 149 Å². The summed E-state index contributed by atoms with van der Waals surface area (Å²) < 4.78 is 11.5. The fourth-order valence-electron chi connectivity index (χ4n) is 5.26. The molecule has 134 valence electrons. The standard InChI is InChI=1S/C21H27NO3/c1-24-16-6-7-17-14(13-16)5-8-18-19(17)25-12-11-22(18)20(23)21(9-10-21)15-3-2-4-15/h6-7,13,15,18-19H,2-5,8-12H2,1H3. The average molecular weight is 341 g/mol. The topological polar surface area (TPSA) is 38.8 Å². The van der Waals surface area contributed by atoms with E-state index in [1.165, 1.54) is 30.4 Å². The van der Waals surface area contributed by atoms with Gasteiger partial charge in [0, 0.05) is 6.54 Å². The van der Waals surface area contributed by atoms with E-state index in [2.05, 4.69) is 17.0 Å². The predicted octanol–water partition coefficient (Wildman–Crippen LogP) is 3.49. The van der Waals surface area contributed by atoms with E-state index in [9.17, 15) is 4.79 Å². The van der Waals surface area contributed by atoms with Gasteiger partial charge in [-0.1, -0.05) is 12.5 Å². The van der Waals surface area contributed by atoms with Crippen molar-refractivity contribution in [3.05, 3.63) is 29.3 Å². The molecule has 1 saturated heterocycles. The van der Waals surface area contributed by atoms with Crippen LogP contribution >= 0.6 is 0 Å². The van der Waals surface area contributed by atoms with Crippen molar-refractivity contribution < 1.29 is 14.3 Å². The SMILES string of the molecule is COc1ccc2c(c1)CCC1C2OCCN1C(=O)C1(C2CCC2)CC1. The van der Waals surface area contributed by atoms with E-state index in [4.69, 9.17) is 9.47 Å². The second kappa shape index (κ2) is 5.73. The van der Waals surface area contributed by atoms with Gasteiger partial charge < -0.3 is 14.4 Å². The van der Waals surface area contributed by atoms with Crippen molar-refractivity contribution in [3.63, 3.8) is 0 Å². The Hall–Kier alpha value is -1.55. The molecule has 1 aliphatic heterocycles. The highest BCUT2D eigenvalue weighted by Crippen LogP contribution is 2.60. The summed E-state index contributed by atoms with van der Waals surface area (Å²) in [6.07, 6.45) is 8.07. The predicted molar refractivity (Wildman–Crippen MR) is 94.5 cm³/mol. The summed E-state index contributed by atoms with van der Waals surface area (Å²) in [5.74, 6) is 2.00. The van der Waals surface area contributed by atoms with Crippen LogP contribution in [0.5, 0.6) is 5.75 Å². The van der Waals surface area contributed by atoms with Crippen LogP contribution in [0.15, 0.2) is 18.2 Å². The molecule has 0 radical (unpaired) electrons. The number of amides is 1. The van der Waals surface area contributed by atoms with Crippen molar-refractivity contribution in [3.8, 4) is 5.75 Å². The van der Waals surface area contributed by atoms with Crippen molar-refractivity contribution in [2.75, 3.05) is 20.3 Å². The lowest BCUT2D eigenvalue weighted by atomic mass is 9.72. The molecule has 1 heterocycles. The second-order valence-electron chi connectivity index (χ2n) is 8.24. The number of hydrogen-bond donors (Lipinski definition) is 0. The van der Waals surface area contributed by atoms with Gasteiger partial charge >= 0.3 is 0 Å². The highest BCUT2D eigenvalue weighted by atomic mass is 16.5. The molecular weight excluding hydrogens is 314 g/mol. The number of hydrogen-bond acceptors (Lipinski definition) is 3. The van der Waals surface area contributed by atoms with Crippen LogP contribution in [0, 0.1) is 11.3 Å². The van der Waals surface area contributed by atoms with Gasteiger partial charge in [-0.05, 0) is 67.7 Å². The van der Waals surface area contributed by atoms with E-state index in [-0.39, 0.29) is 17.6 Å². The van der Waals surface area contributed by atoms with Crippen LogP contribution in [0.2, 0.25) is 0 Å². The first-order valence-corrected chi connectivity index (χ1v) is 9.82. The van der Waals surface area contributed by atoms with Crippen LogP contribution in [0.25, 0.3) is 0 Å². The van der Waals surface area contributed by atoms with Crippen LogP contribution in [0.3, 0.4) is 0 Å². The molecule has 0 spiro atoms. The molecule has 5 rings (SSSR count). The molecule has 0 N–H and O–H groups in total. The van der Waals surface area contributed by atoms with E-state index in [0.29, 0.717) is 18.4 Å². The van der Waals surface area contributed by atoms with E-state index in [1.54, 1.807) is 7.11 Å². The molecule has 2 saturated carbocycles. The van der Waals surface area contributed by atoms with Crippen LogP contribution in [0.1, 0.15) is 55.8 Å². The van der Waals surface area contributed by atoms with Crippen molar-refractivity contribution >= 4 is 5.91 Å². The third kappa shape index (κ3) is 2.33. The number of rotatable bonds is 3. The van der Waals surface area contributed by atoms with Crippen LogP contribution < -0.4 is 4.74 Å². The lowest BCUT2D eigenvalue weighted by Crippen LogP contribution is -2.55. The Kier molecular flexibility index (Phi) is 3.60. The summed E-state index contributed by atoms with van der Waals surface area (Å²) in [5, 5.41) is 0. The molecule has 3 aliphatic carbocycles. The van der Waals surface area contributed by atoms with Crippen LogP contribution in [-0.2, 0) is 16.0 Å². The van der Waals surface area contributed by atoms with E-state index >= 15 is 0 Å². The molecule has 3 fully saturated rings. The summed E-state index contributed by atoms with van der Waals surface area (Å²) in [4.78, 5) is 15.6. The summed E-state index contributed by atoms with van der Waals surface area (Å²) in [6, 6.07) is 6.49. The fraction of sp³-hybridized carbons (Fsp3) is 0.667. The van der Waals surface area contributed by atoms with Crippen LogP contribution in [-0.4, -0.2) is 37.1 Å². The molecule has 4 nitrogen and oxygen atoms in total. The molecule has 4 heteroatoms. The quantitative estimate of drug-likeness (QED) is 0.845. The van der Waals surface area contributed by atoms with Gasteiger partial charge in [-0.2, -0.15) is 0 Å². The smallest absolute Gasteiger partial charge is 0.229 e. The van der Waals surface area contributed by atoms with E-state index < -0.39 is 0 Å². The van der Waals surface area contributed by atoms with Crippen molar-refractivity contribution in [2.45, 2.75) is 57.1 Å². The summed E-state index contributed by atoms with van der Waals surface area (Å²) >= 11 is 0. The number of carbonyl (C=O) groups is 1. The number of aryl methyl sites for hydroxylation is 1. The van der Waals surface area contributed by atoms with Gasteiger partial charge in [-0.25, -0.2) is 0 Å². The molecule has 1 aromatic rings. The van der Waals surface area contributed by atoms with Crippen LogP contribution in [0.4, 0.5) is 0 Å². The molecular formula is C21H27NO3. The van der Waals surface area contributed by atoms with Crippen molar-refractivity contribution in [1.82, 2.24) is 4.90 Å². The highest BCUT2D eigenvalue weighted by molar-refractivity contribution is 5.86. The van der Waals surface area contributed by atoms with Gasteiger partial charge in [0.1, 0.15) is 11.9 Å². The first-order chi connectivity index (χ1) is 12.2. The molecule has 2 atom stereocenters. The zero-order valence-corrected chi connectivity index (χ0v) is 15.0. The van der Waals surface area contributed by atoms with Gasteiger partial charge in [0.05, 0.1) is 25.2 Å². The Bertz CT molecular complexity index is 692. The van der Waals surface area contributed by atoms with Gasteiger partial charge in [0.25, 0.3) is 0 Å². The number of carbonyl (C=O) groups excluding carboxylic acids is 1. The lowest BCUT2D eigenvalue weighted by molar-refractivity contribution is -0.157. The number of methoxy groups -OCH3 is 1. The zero-order valence-electron chi connectivity index (χ0n) is 15.0. The number of ether oxygens (including phenoxy) is 2. The minimum atomic E-state index is 0.000323. The van der Waals surface area contributed by atoms with Gasteiger partial charge in [0.2, 0.25) is 5.91 Å². The molecule has 2 unspecified atom stereocenters. The lowest BCUT2D eigenvalue weighted by Gasteiger charge is -2.47. The second-order valence-corrected chi connectivity index (χ2v) is 8.24. The average Bonchev–Trinajstić information content (AvgIpc) is 3.39. The fourth-order valence-corrected chi connectivity index (χ4v) is 5.26. The van der Waals surface area contributed by atoms with E-state index in [1.807, 2.05) is 6.07 Å². The third-order valence-electron chi connectivity index (χ3n) is 7.11. The zero-order chi connectivity index (χ0) is 17.0. The largest absolute Gasteiger partial charge is 0.497 e. The maximum absolute atomic E-state index is 13.4. The Balaban J connectivity index is 1.41. The Morgan fingerprint density at radius 3 is 2.80 bits per heavy atom. The van der Waals surface area contributed by atoms with Gasteiger partial charge in [-0.15, -0.1) is 0 Å². The third-order valence-corrected chi connectivity index (χ3v) is 7.11. The molecule has 0 aromatic heterocycles. The highest BCUT2D eigenvalue weighted by Gasteiger charge is 2.59. The maximum Gasteiger partial charge on any atom is 0.229 e. The van der Waals surface area contributed by atoms with E-state index in [0.717, 1.165) is 38.0 Å². The van der Waals surface area contributed by atoms with Crippen molar-refractivity contribution in [1.29, 1.82) is 0 Å². The number of fused-ring (bicyclic) bond motifs is 3. The minimum Gasteiger partial charge on any atom is -0.497 e. The molecule has 1 aromatic carbocycles. The summed E-state index contributed by atoms with van der Waals surface area (Å²) in [7, 11) is 1.71. The molecule has 25 heavy (non-hydrogen) atoms. The molecule has 4 aliphatic rings. The monoisotopic (exact) mass is 341 g/mol. The molecule has 1 amide bonds. The normalized spacial score (nSPS) is 30.0. The Morgan fingerprint density at radius 2 is 2.12 bits per heavy atom. The summed E-state index contributed by atoms with van der Waals surface area (Å²) in [6.45, 7) is 1.42. The number of nitrogens with zero attached hydrogens (tertiary/aromatic N) is 1.